The van der Waals surface area contributed by atoms with Gasteiger partial charge in [0.25, 0.3) is 0 Å². The monoisotopic (exact) mass is 122 g/mol. The molecule has 0 rings (SSSR count). The second-order valence-corrected chi connectivity index (χ2v) is 1.36. The second-order valence-electron chi connectivity index (χ2n) is 1.04. The summed E-state index contributed by atoms with van der Waals surface area (Å²) < 4.78 is 0. The van der Waals surface area contributed by atoms with Crippen LogP contribution < -0.4 is 5.43 Å². The van der Waals surface area contributed by atoms with Gasteiger partial charge in [0.15, 0.2) is 0 Å². The van der Waals surface area contributed by atoms with E-state index in [0.29, 0.717) is 0 Å². The summed E-state index contributed by atoms with van der Waals surface area (Å²) in [4.78, 5) is 10.0. The van der Waals surface area contributed by atoms with Crippen molar-refractivity contribution in [3.8, 4) is 0 Å². The van der Waals surface area contributed by atoms with Gasteiger partial charge >= 0.3 is 5.37 Å². The Kier molecular flexibility index (Phi) is 2.71. The van der Waals surface area contributed by atoms with E-state index in [2.05, 4.69) is 5.43 Å². The number of hydrazine groups is 1. The normalized spacial score (nSPS) is 8.43. The van der Waals surface area contributed by atoms with Crippen molar-refractivity contribution in [3.63, 3.8) is 0 Å². The van der Waals surface area contributed by atoms with E-state index in [9.17, 15) is 4.79 Å². The zero-order valence-electron chi connectivity index (χ0n) is 4.23. The molecule has 0 atom stereocenters. The third-order valence-corrected chi connectivity index (χ3v) is 0.853. The van der Waals surface area contributed by atoms with E-state index in [-0.39, 0.29) is 0 Å². The van der Waals surface area contributed by atoms with Gasteiger partial charge in [0.1, 0.15) is 0 Å². The van der Waals surface area contributed by atoms with E-state index in [1.54, 1.807) is 7.05 Å². The minimum Gasteiger partial charge on any atom is -0.268 e. The zero-order valence-corrected chi connectivity index (χ0v) is 4.99. The van der Waals surface area contributed by atoms with Gasteiger partial charge in [-0.1, -0.05) is 0 Å². The van der Waals surface area contributed by atoms with E-state index in [4.69, 9.17) is 11.6 Å². The highest BCUT2D eigenvalue weighted by Gasteiger charge is 1.96. The number of hydrogen-bond acceptors (Lipinski definition) is 2. The fourth-order valence-electron chi connectivity index (χ4n) is 0.0879. The van der Waals surface area contributed by atoms with Gasteiger partial charge in [-0.15, -0.1) is 0 Å². The van der Waals surface area contributed by atoms with E-state index in [1.807, 2.05) is 0 Å². The Morgan fingerprint density at radius 2 is 2.29 bits per heavy atom. The van der Waals surface area contributed by atoms with Crippen LogP contribution in [0.1, 0.15) is 0 Å². The number of nitrogens with zero attached hydrogens (tertiary/aromatic N) is 1. The Hall–Kier alpha value is -0.280. The molecule has 1 N–H and O–H groups in total. The minimum absolute atomic E-state index is 0.512. The van der Waals surface area contributed by atoms with Gasteiger partial charge in [-0.05, 0) is 11.6 Å². The molecule has 0 bridgehead atoms. The topological polar surface area (TPSA) is 32.3 Å². The summed E-state index contributed by atoms with van der Waals surface area (Å²) >= 11 is 4.95. The number of nitrogens with one attached hydrogen (secondary N) is 1. The fraction of sp³-hybridized carbons (Fsp3) is 0.667. The van der Waals surface area contributed by atoms with E-state index in [1.165, 1.54) is 12.1 Å². The number of hydrogen-bond donors (Lipinski definition) is 1. The molecule has 42 valence electrons. The standard InChI is InChI=1S/C3H7ClN2O/c1-5-6(2)3(4)7/h5H,1-2H3. The average Bonchev–Trinajstić information content (AvgIpc) is 1.65. The second kappa shape index (κ2) is 2.82. The first-order valence-corrected chi connectivity index (χ1v) is 2.17. The number of halogens is 1. The van der Waals surface area contributed by atoms with Gasteiger partial charge in [0.05, 0.1) is 0 Å². The first kappa shape index (κ1) is 6.72. The van der Waals surface area contributed by atoms with Gasteiger partial charge in [0.2, 0.25) is 0 Å². The Balaban J connectivity index is 3.34. The van der Waals surface area contributed by atoms with Crippen molar-refractivity contribution in [2.45, 2.75) is 0 Å². The van der Waals surface area contributed by atoms with Gasteiger partial charge in [-0.2, -0.15) is 0 Å². The van der Waals surface area contributed by atoms with E-state index >= 15 is 0 Å². The van der Waals surface area contributed by atoms with Crippen molar-refractivity contribution in [1.82, 2.24) is 10.4 Å². The van der Waals surface area contributed by atoms with Crippen LogP contribution in [0.2, 0.25) is 0 Å². The number of carbonyl (C=O) groups is 1. The third-order valence-electron chi connectivity index (χ3n) is 0.599. The van der Waals surface area contributed by atoms with Crippen molar-refractivity contribution in [1.29, 1.82) is 0 Å². The van der Waals surface area contributed by atoms with Crippen LogP contribution in [0.4, 0.5) is 4.79 Å². The predicted octanol–water partition coefficient (Wildman–Crippen LogP) is 0.411. The van der Waals surface area contributed by atoms with Crippen LogP contribution in [-0.2, 0) is 0 Å². The molecule has 0 spiro atoms. The van der Waals surface area contributed by atoms with Crippen LogP contribution in [0.15, 0.2) is 0 Å². The van der Waals surface area contributed by atoms with Crippen LogP contribution in [0.25, 0.3) is 0 Å². The summed E-state index contributed by atoms with van der Waals surface area (Å²) in [5, 5.41) is 0.657. The van der Waals surface area contributed by atoms with Crippen LogP contribution in [-0.4, -0.2) is 24.5 Å². The molecule has 0 unspecified atom stereocenters. The molecular formula is C3H7ClN2O. The SMILES string of the molecule is CNN(C)C(=O)Cl. The van der Waals surface area contributed by atoms with Gasteiger partial charge in [-0.25, -0.2) is 5.43 Å². The molecule has 0 aliphatic heterocycles. The lowest BCUT2D eigenvalue weighted by molar-refractivity contribution is 0.218. The van der Waals surface area contributed by atoms with Crippen LogP contribution >= 0.6 is 11.6 Å². The molecule has 1 amide bonds. The van der Waals surface area contributed by atoms with Gasteiger partial charge < -0.3 is 0 Å². The first-order valence-electron chi connectivity index (χ1n) is 1.79. The molecule has 0 aliphatic rings. The van der Waals surface area contributed by atoms with Crippen molar-refractivity contribution in [2.75, 3.05) is 14.1 Å². The first-order chi connectivity index (χ1) is 3.18. The van der Waals surface area contributed by atoms with Gasteiger partial charge in [0, 0.05) is 14.1 Å². The lowest BCUT2D eigenvalue weighted by Crippen LogP contribution is -2.32. The van der Waals surface area contributed by atoms with E-state index < -0.39 is 5.37 Å². The quantitative estimate of drug-likeness (QED) is 0.311. The molecule has 4 heteroatoms. The Morgan fingerprint density at radius 1 is 1.86 bits per heavy atom. The molecule has 0 saturated carbocycles. The van der Waals surface area contributed by atoms with Crippen molar-refractivity contribution >= 4 is 17.0 Å². The summed E-state index contributed by atoms with van der Waals surface area (Å²) in [6.07, 6.45) is 0. The lowest BCUT2D eigenvalue weighted by atomic mass is 11.1. The largest absolute Gasteiger partial charge is 0.330 e. The summed E-state index contributed by atoms with van der Waals surface area (Å²) in [5.74, 6) is 0. The van der Waals surface area contributed by atoms with Crippen molar-refractivity contribution < 1.29 is 4.79 Å². The molecule has 0 saturated heterocycles. The molecule has 7 heavy (non-hydrogen) atoms. The van der Waals surface area contributed by atoms with Crippen LogP contribution in [0.3, 0.4) is 0 Å². The smallest absolute Gasteiger partial charge is 0.268 e. The highest BCUT2D eigenvalue weighted by molar-refractivity contribution is 6.62. The summed E-state index contributed by atoms with van der Waals surface area (Å²) in [6.45, 7) is 0. The Labute approximate surface area is 47.2 Å². The number of amides is 1. The van der Waals surface area contributed by atoms with Crippen molar-refractivity contribution in [2.24, 2.45) is 0 Å². The molecule has 3 nitrogen and oxygen atoms in total. The average molecular weight is 123 g/mol. The van der Waals surface area contributed by atoms with Crippen molar-refractivity contribution in [3.05, 3.63) is 0 Å². The number of rotatable bonds is 1. The summed E-state index contributed by atoms with van der Waals surface area (Å²) in [6, 6.07) is 0. The Bertz CT molecular complexity index is 75.3. The maximum absolute atomic E-state index is 10.0. The lowest BCUT2D eigenvalue weighted by Gasteiger charge is -2.08. The highest BCUT2D eigenvalue weighted by atomic mass is 35.5. The predicted molar refractivity (Wildman–Crippen MR) is 28.1 cm³/mol. The number of carbonyl (C=O) groups excluding carboxylic acids is 1. The molecule has 0 heterocycles. The molecule has 0 aliphatic carbocycles. The highest BCUT2D eigenvalue weighted by Crippen LogP contribution is 1.83. The van der Waals surface area contributed by atoms with Crippen LogP contribution in [0.5, 0.6) is 0 Å². The summed E-state index contributed by atoms with van der Waals surface area (Å²) in [7, 11) is 3.15. The molecule has 0 aromatic heterocycles. The maximum atomic E-state index is 10.0. The zero-order chi connectivity index (χ0) is 5.86. The molecular weight excluding hydrogens is 115 g/mol. The van der Waals surface area contributed by atoms with Gasteiger partial charge in [-0.3, -0.25) is 9.80 Å². The Morgan fingerprint density at radius 3 is 2.29 bits per heavy atom. The summed E-state index contributed by atoms with van der Waals surface area (Å²) in [5.41, 5.74) is 2.52. The molecule has 0 aromatic carbocycles. The molecule has 0 radical (unpaired) electrons. The fourth-order valence-corrected chi connectivity index (χ4v) is 0.172. The molecule has 0 fully saturated rings. The van der Waals surface area contributed by atoms with E-state index in [0.717, 1.165) is 0 Å². The molecule has 0 aromatic rings. The van der Waals surface area contributed by atoms with Crippen LogP contribution in [0, 0.1) is 0 Å². The third kappa shape index (κ3) is 2.42. The maximum Gasteiger partial charge on any atom is 0.330 e. The minimum atomic E-state index is -0.512.